The molecule has 0 saturated carbocycles. The number of nitrogens with one attached hydrogen (secondary N) is 1. The highest BCUT2D eigenvalue weighted by molar-refractivity contribution is 7.98. The minimum atomic E-state index is 0.371. The monoisotopic (exact) mass is 286 g/mol. The predicted octanol–water partition coefficient (Wildman–Crippen LogP) is 3.62. The van der Waals surface area contributed by atoms with Crippen LogP contribution in [0.4, 0.5) is 0 Å². The molecule has 19 heavy (non-hydrogen) atoms. The first kappa shape index (κ1) is 17.3. The summed E-state index contributed by atoms with van der Waals surface area (Å²) in [6, 6.07) is 1.39. The van der Waals surface area contributed by atoms with Crippen molar-refractivity contribution >= 4 is 11.8 Å². The molecule has 0 aromatic carbocycles. The van der Waals surface area contributed by atoms with Crippen LogP contribution in [-0.4, -0.2) is 48.6 Å². The van der Waals surface area contributed by atoms with Gasteiger partial charge in [-0.05, 0) is 43.2 Å². The average Bonchev–Trinajstić information content (AvgIpc) is 2.37. The molecule has 114 valence electrons. The van der Waals surface area contributed by atoms with E-state index in [2.05, 4.69) is 44.2 Å². The topological polar surface area (TPSA) is 15.3 Å². The first-order valence-corrected chi connectivity index (χ1v) is 9.34. The summed E-state index contributed by atoms with van der Waals surface area (Å²) in [6.45, 7) is 13.1. The SMILES string of the molecule is CCC1CNC(C(C)(C)C)CN1CCCCCSC. The fraction of sp³-hybridized carbons (Fsp3) is 1.00. The third-order valence-corrected chi connectivity index (χ3v) is 5.04. The molecule has 0 aliphatic carbocycles. The fourth-order valence-electron chi connectivity index (χ4n) is 2.85. The van der Waals surface area contributed by atoms with Crippen LogP contribution in [0.3, 0.4) is 0 Å². The van der Waals surface area contributed by atoms with Crippen molar-refractivity contribution in [3.63, 3.8) is 0 Å². The molecule has 2 unspecified atom stereocenters. The molecule has 3 heteroatoms. The number of rotatable bonds is 7. The highest BCUT2D eigenvalue weighted by Gasteiger charge is 2.32. The van der Waals surface area contributed by atoms with E-state index in [9.17, 15) is 0 Å². The second kappa shape index (κ2) is 8.53. The molecular formula is C16H34N2S. The van der Waals surface area contributed by atoms with Crippen LogP contribution in [0, 0.1) is 5.41 Å². The van der Waals surface area contributed by atoms with Crippen molar-refractivity contribution in [2.75, 3.05) is 31.6 Å². The molecule has 0 radical (unpaired) electrons. The molecule has 1 saturated heterocycles. The third-order valence-electron chi connectivity index (χ3n) is 4.34. The molecule has 1 aliphatic rings. The smallest absolute Gasteiger partial charge is 0.0244 e. The van der Waals surface area contributed by atoms with Gasteiger partial charge in [-0.15, -0.1) is 0 Å². The van der Waals surface area contributed by atoms with Crippen LogP contribution >= 0.6 is 11.8 Å². The summed E-state index contributed by atoms with van der Waals surface area (Å²) >= 11 is 1.97. The lowest BCUT2D eigenvalue weighted by Crippen LogP contribution is -2.60. The molecule has 1 heterocycles. The molecular weight excluding hydrogens is 252 g/mol. The number of unbranched alkanes of at least 4 members (excludes halogenated alkanes) is 2. The van der Waals surface area contributed by atoms with E-state index in [-0.39, 0.29) is 0 Å². The largest absolute Gasteiger partial charge is 0.311 e. The Kier molecular flexibility index (Phi) is 7.78. The van der Waals surface area contributed by atoms with Gasteiger partial charge in [-0.2, -0.15) is 11.8 Å². The molecule has 1 fully saturated rings. The summed E-state index contributed by atoms with van der Waals surface area (Å²) in [6.07, 6.45) is 7.62. The summed E-state index contributed by atoms with van der Waals surface area (Å²) in [4.78, 5) is 2.74. The zero-order chi connectivity index (χ0) is 14.3. The van der Waals surface area contributed by atoms with Gasteiger partial charge in [0.25, 0.3) is 0 Å². The van der Waals surface area contributed by atoms with E-state index in [1.165, 1.54) is 51.1 Å². The van der Waals surface area contributed by atoms with Crippen molar-refractivity contribution in [2.45, 2.75) is 65.5 Å². The number of nitrogens with zero attached hydrogens (tertiary/aromatic N) is 1. The zero-order valence-electron chi connectivity index (χ0n) is 13.7. The molecule has 0 spiro atoms. The van der Waals surface area contributed by atoms with Crippen molar-refractivity contribution < 1.29 is 0 Å². The van der Waals surface area contributed by atoms with Crippen molar-refractivity contribution in [3.8, 4) is 0 Å². The van der Waals surface area contributed by atoms with E-state index >= 15 is 0 Å². The fourth-order valence-corrected chi connectivity index (χ4v) is 3.34. The Morgan fingerprint density at radius 1 is 1.21 bits per heavy atom. The molecule has 0 aromatic rings. The number of piperazine rings is 1. The third kappa shape index (κ3) is 6.05. The normalized spacial score (nSPS) is 25.7. The summed E-state index contributed by atoms with van der Waals surface area (Å²) in [5.41, 5.74) is 0.371. The highest BCUT2D eigenvalue weighted by Crippen LogP contribution is 2.24. The van der Waals surface area contributed by atoms with Crippen molar-refractivity contribution in [1.29, 1.82) is 0 Å². The highest BCUT2D eigenvalue weighted by atomic mass is 32.2. The van der Waals surface area contributed by atoms with E-state index in [1.54, 1.807) is 0 Å². The van der Waals surface area contributed by atoms with E-state index in [4.69, 9.17) is 0 Å². The van der Waals surface area contributed by atoms with Crippen molar-refractivity contribution in [2.24, 2.45) is 5.41 Å². The summed E-state index contributed by atoms with van der Waals surface area (Å²) in [5, 5.41) is 3.76. The van der Waals surface area contributed by atoms with Crippen LogP contribution in [0.25, 0.3) is 0 Å². The van der Waals surface area contributed by atoms with Crippen LogP contribution in [0.5, 0.6) is 0 Å². The number of hydrogen-bond acceptors (Lipinski definition) is 3. The Morgan fingerprint density at radius 3 is 2.53 bits per heavy atom. The molecule has 2 atom stereocenters. The maximum atomic E-state index is 3.76. The second-order valence-electron chi connectivity index (χ2n) is 6.94. The Bertz CT molecular complexity index is 237. The Balaban J connectivity index is 2.37. The molecule has 0 bridgehead atoms. The van der Waals surface area contributed by atoms with Crippen LogP contribution in [0.2, 0.25) is 0 Å². The quantitative estimate of drug-likeness (QED) is 0.720. The van der Waals surface area contributed by atoms with E-state index < -0.39 is 0 Å². The van der Waals surface area contributed by atoms with Gasteiger partial charge < -0.3 is 5.32 Å². The van der Waals surface area contributed by atoms with Crippen LogP contribution < -0.4 is 5.32 Å². The van der Waals surface area contributed by atoms with Gasteiger partial charge in [-0.1, -0.05) is 34.1 Å². The summed E-state index contributed by atoms with van der Waals surface area (Å²) in [7, 11) is 0. The molecule has 2 nitrogen and oxygen atoms in total. The Labute approximate surface area is 125 Å². The van der Waals surface area contributed by atoms with E-state index in [0.717, 1.165) is 6.04 Å². The molecule has 1 N–H and O–H groups in total. The van der Waals surface area contributed by atoms with Gasteiger partial charge in [0, 0.05) is 25.2 Å². The van der Waals surface area contributed by atoms with Crippen LogP contribution in [0.15, 0.2) is 0 Å². The zero-order valence-corrected chi connectivity index (χ0v) is 14.5. The van der Waals surface area contributed by atoms with E-state index in [1.807, 2.05) is 11.8 Å². The lowest BCUT2D eigenvalue weighted by molar-refractivity contribution is 0.0821. The first-order valence-electron chi connectivity index (χ1n) is 7.95. The summed E-state index contributed by atoms with van der Waals surface area (Å²) < 4.78 is 0. The maximum absolute atomic E-state index is 3.76. The Morgan fingerprint density at radius 2 is 1.95 bits per heavy atom. The van der Waals surface area contributed by atoms with Gasteiger partial charge in [0.2, 0.25) is 0 Å². The average molecular weight is 287 g/mol. The minimum absolute atomic E-state index is 0.371. The maximum Gasteiger partial charge on any atom is 0.0244 e. The molecule has 1 aliphatic heterocycles. The minimum Gasteiger partial charge on any atom is -0.311 e. The van der Waals surface area contributed by atoms with Crippen LogP contribution in [-0.2, 0) is 0 Å². The van der Waals surface area contributed by atoms with Gasteiger partial charge in [0.05, 0.1) is 0 Å². The molecule has 1 rings (SSSR count). The van der Waals surface area contributed by atoms with E-state index in [0.29, 0.717) is 11.5 Å². The molecule has 0 amide bonds. The van der Waals surface area contributed by atoms with Crippen LogP contribution in [0.1, 0.15) is 53.4 Å². The standard InChI is InChI=1S/C16H34N2S/c1-6-14-12-17-15(16(2,3)4)13-18(14)10-8-7-9-11-19-5/h14-15,17H,6-13H2,1-5H3. The van der Waals surface area contributed by atoms with Gasteiger partial charge >= 0.3 is 0 Å². The summed E-state index contributed by atoms with van der Waals surface area (Å²) in [5.74, 6) is 1.32. The lowest BCUT2D eigenvalue weighted by atomic mass is 9.84. The number of hydrogen-bond donors (Lipinski definition) is 1. The molecule has 0 aromatic heterocycles. The predicted molar refractivity (Wildman–Crippen MR) is 89.1 cm³/mol. The van der Waals surface area contributed by atoms with Gasteiger partial charge in [-0.25, -0.2) is 0 Å². The van der Waals surface area contributed by atoms with Gasteiger partial charge in [0.1, 0.15) is 0 Å². The Hall–Kier alpha value is 0.270. The van der Waals surface area contributed by atoms with Gasteiger partial charge in [0.15, 0.2) is 0 Å². The van der Waals surface area contributed by atoms with Gasteiger partial charge in [-0.3, -0.25) is 4.90 Å². The number of thioether (sulfide) groups is 1. The van der Waals surface area contributed by atoms with Crippen molar-refractivity contribution in [1.82, 2.24) is 10.2 Å². The van der Waals surface area contributed by atoms with Crippen molar-refractivity contribution in [3.05, 3.63) is 0 Å². The first-order chi connectivity index (χ1) is 8.99. The second-order valence-corrected chi connectivity index (χ2v) is 7.92. The lowest BCUT2D eigenvalue weighted by Gasteiger charge is -2.45.